The summed E-state index contributed by atoms with van der Waals surface area (Å²) in [7, 11) is 0. The van der Waals surface area contributed by atoms with Crippen LogP contribution in [0.4, 0.5) is 5.82 Å². The quantitative estimate of drug-likeness (QED) is 0.845. The number of nitrogens with zero attached hydrogens (tertiary/aromatic N) is 2. The zero-order chi connectivity index (χ0) is 13.9. The molecule has 1 aromatic rings. The standard InChI is InChI=1S/C14H20N4O2/c1-2-15-12-8-16-11(7-17-12)14(19)18-10-5-6-20-13(10)9-3-4-9/h7-10,13H,2-6H2,1H3,(H,15,17)(H,18,19). The Labute approximate surface area is 118 Å². The molecule has 6 heteroatoms. The van der Waals surface area contributed by atoms with Gasteiger partial charge in [-0.2, -0.15) is 0 Å². The number of hydrogen-bond acceptors (Lipinski definition) is 5. The Morgan fingerprint density at radius 1 is 1.35 bits per heavy atom. The lowest BCUT2D eigenvalue weighted by Gasteiger charge is -2.19. The molecule has 0 spiro atoms. The molecule has 0 radical (unpaired) electrons. The smallest absolute Gasteiger partial charge is 0.271 e. The van der Waals surface area contributed by atoms with Crippen LogP contribution in [0.15, 0.2) is 12.4 Å². The van der Waals surface area contributed by atoms with E-state index in [2.05, 4.69) is 20.6 Å². The summed E-state index contributed by atoms with van der Waals surface area (Å²) >= 11 is 0. The van der Waals surface area contributed by atoms with E-state index in [9.17, 15) is 4.79 Å². The van der Waals surface area contributed by atoms with Gasteiger partial charge in [0.15, 0.2) is 0 Å². The molecule has 1 aliphatic heterocycles. The SMILES string of the molecule is CCNc1cnc(C(=O)NC2CCOC2C2CC2)cn1. The van der Waals surface area contributed by atoms with E-state index in [1.165, 1.54) is 19.0 Å². The van der Waals surface area contributed by atoms with Crippen LogP contribution in [-0.2, 0) is 4.74 Å². The minimum absolute atomic E-state index is 0.116. The Morgan fingerprint density at radius 2 is 2.20 bits per heavy atom. The van der Waals surface area contributed by atoms with Gasteiger partial charge in [0.1, 0.15) is 11.5 Å². The molecule has 2 aliphatic rings. The van der Waals surface area contributed by atoms with E-state index in [-0.39, 0.29) is 18.1 Å². The van der Waals surface area contributed by atoms with Gasteiger partial charge in [0.2, 0.25) is 0 Å². The van der Waals surface area contributed by atoms with E-state index < -0.39 is 0 Å². The summed E-state index contributed by atoms with van der Waals surface area (Å²) in [6.45, 7) is 3.50. The first-order valence-corrected chi connectivity index (χ1v) is 7.26. The van der Waals surface area contributed by atoms with E-state index >= 15 is 0 Å². The Bertz CT molecular complexity index is 473. The number of nitrogens with one attached hydrogen (secondary N) is 2. The second-order valence-electron chi connectivity index (χ2n) is 5.36. The molecule has 1 saturated carbocycles. The highest BCUT2D eigenvalue weighted by Crippen LogP contribution is 2.38. The van der Waals surface area contributed by atoms with Crippen molar-refractivity contribution < 1.29 is 9.53 Å². The molecular formula is C14H20N4O2. The lowest BCUT2D eigenvalue weighted by atomic mass is 10.1. The Kier molecular flexibility index (Phi) is 3.82. The number of anilines is 1. The van der Waals surface area contributed by atoms with Crippen molar-refractivity contribution in [1.82, 2.24) is 15.3 Å². The van der Waals surface area contributed by atoms with E-state index in [0.717, 1.165) is 19.6 Å². The zero-order valence-corrected chi connectivity index (χ0v) is 11.6. The first-order chi connectivity index (χ1) is 9.78. The summed E-state index contributed by atoms with van der Waals surface area (Å²) in [5.41, 5.74) is 0.355. The molecular weight excluding hydrogens is 256 g/mol. The average molecular weight is 276 g/mol. The normalized spacial score (nSPS) is 25.4. The first-order valence-electron chi connectivity index (χ1n) is 7.26. The molecule has 2 unspecified atom stereocenters. The van der Waals surface area contributed by atoms with Gasteiger partial charge >= 0.3 is 0 Å². The number of rotatable bonds is 5. The van der Waals surface area contributed by atoms with Crippen LogP contribution >= 0.6 is 0 Å². The molecule has 2 heterocycles. The maximum atomic E-state index is 12.2. The van der Waals surface area contributed by atoms with Gasteiger partial charge in [0, 0.05) is 13.2 Å². The first kappa shape index (κ1) is 13.3. The largest absolute Gasteiger partial charge is 0.376 e. The minimum atomic E-state index is -0.165. The van der Waals surface area contributed by atoms with Crippen LogP contribution in [0.3, 0.4) is 0 Å². The van der Waals surface area contributed by atoms with Crippen molar-refractivity contribution in [2.75, 3.05) is 18.5 Å². The van der Waals surface area contributed by atoms with Crippen LogP contribution < -0.4 is 10.6 Å². The van der Waals surface area contributed by atoms with Crippen molar-refractivity contribution in [2.45, 2.75) is 38.3 Å². The van der Waals surface area contributed by atoms with E-state index in [4.69, 9.17) is 4.74 Å². The van der Waals surface area contributed by atoms with Gasteiger partial charge in [0.05, 0.1) is 24.5 Å². The maximum absolute atomic E-state index is 12.2. The molecule has 1 aromatic heterocycles. The fourth-order valence-electron chi connectivity index (χ4n) is 2.62. The number of carbonyl (C=O) groups is 1. The molecule has 0 bridgehead atoms. The molecule has 2 atom stereocenters. The number of hydrogen-bond donors (Lipinski definition) is 2. The lowest BCUT2D eigenvalue weighted by molar-refractivity contribution is 0.0727. The topological polar surface area (TPSA) is 76.1 Å². The van der Waals surface area contributed by atoms with Gasteiger partial charge in [0.25, 0.3) is 5.91 Å². The number of ether oxygens (including phenoxy) is 1. The number of carbonyl (C=O) groups excluding carboxylic acids is 1. The second kappa shape index (κ2) is 5.75. The highest BCUT2D eigenvalue weighted by molar-refractivity contribution is 5.92. The molecule has 1 amide bonds. The second-order valence-corrected chi connectivity index (χ2v) is 5.36. The van der Waals surface area contributed by atoms with Crippen LogP contribution in [0.1, 0.15) is 36.7 Å². The number of amides is 1. The van der Waals surface area contributed by atoms with E-state index in [1.807, 2.05) is 6.92 Å². The maximum Gasteiger partial charge on any atom is 0.271 e. The van der Waals surface area contributed by atoms with Crippen LogP contribution in [0.5, 0.6) is 0 Å². The van der Waals surface area contributed by atoms with Gasteiger partial charge < -0.3 is 15.4 Å². The molecule has 2 fully saturated rings. The predicted octanol–water partition coefficient (Wildman–Crippen LogP) is 1.21. The third-order valence-corrected chi connectivity index (χ3v) is 3.78. The summed E-state index contributed by atoms with van der Waals surface area (Å²) < 4.78 is 5.72. The van der Waals surface area contributed by atoms with Crippen molar-refractivity contribution in [3.63, 3.8) is 0 Å². The van der Waals surface area contributed by atoms with Gasteiger partial charge in [-0.05, 0) is 32.1 Å². The summed E-state index contributed by atoms with van der Waals surface area (Å²) in [4.78, 5) is 20.5. The van der Waals surface area contributed by atoms with Crippen LogP contribution in [0, 0.1) is 5.92 Å². The van der Waals surface area contributed by atoms with Gasteiger partial charge in [-0.3, -0.25) is 4.79 Å². The van der Waals surface area contributed by atoms with Crippen molar-refractivity contribution >= 4 is 11.7 Å². The number of aromatic nitrogens is 2. The molecule has 0 aromatic carbocycles. The third kappa shape index (κ3) is 2.90. The fraction of sp³-hybridized carbons (Fsp3) is 0.643. The fourth-order valence-corrected chi connectivity index (χ4v) is 2.62. The average Bonchev–Trinajstić information content (AvgIpc) is 3.20. The predicted molar refractivity (Wildman–Crippen MR) is 74.5 cm³/mol. The van der Waals surface area contributed by atoms with Crippen molar-refractivity contribution in [3.05, 3.63) is 18.1 Å². The van der Waals surface area contributed by atoms with Gasteiger partial charge in [-0.1, -0.05) is 0 Å². The van der Waals surface area contributed by atoms with E-state index in [0.29, 0.717) is 17.4 Å². The Balaban J connectivity index is 1.60. The van der Waals surface area contributed by atoms with Crippen molar-refractivity contribution in [2.24, 2.45) is 5.92 Å². The Hall–Kier alpha value is -1.69. The summed E-state index contributed by atoms with van der Waals surface area (Å²) in [5, 5.41) is 6.08. The van der Waals surface area contributed by atoms with E-state index in [1.54, 1.807) is 6.20 Å². The highest BCUT2D eigenvalue weighted by atomic mass is 16.5. The zero-order valence-electron chi connectivity index (χ0n) is 11.6. The minimum Gasteiger partial charge on any atom is -0.376 e. The third-order valence-electron chi connectivity index (χ3n) is 3.78. The Morgan fingerprint density at radius 3 is 2.85 bits per heavy atom. The molecule has 2 N–H and O–H groups in total. The van der Waals surface area contributed by atoms with Crippen LogP contribution in [0.25, 0.3) is 0 Å². The van der Waals surface area contributed by atoms with Crippen LogP contribution in [0.2, 0.25) is 0 Å². The monoisotopic (exact) mass is 276 g/mol. The van der Waals surface area contributed by atoms with Crippen LogP contribution in [-0.4, -0.2) is 41.2 Å². The molecule has 1 aliphatic carbocycles. The molecule has 6 nitrogen and oxygen atoms in total. The summed E-state index contributed by atoms with van der Waals surface area (Å²) in [5.74, 6) is 1.15. The molecule has 1 saturated heterocycles. The van der Waals surface area contributed by atoms with Gasteiger partial charge in [-0.15, -0.1) is 0 Å². The highest BCUT2D eigenvalue weighted by Gasteiger charge is 2.41. The van der Waals surface area contributed by atoms with Crippen molar-refractivity contribution in [3.8, 4) is 0 Å². The summed E-state index contributed by atoms with van der Waals surface area (Å²) in [6, 6.07) is 0.116. The molecule has 108 valence electrons. The summed E-state index contributed by atoms with van der Waals surface area (Å²) in [6.07, 6.45) is 6.60. The van der Waals surface area contributed by atoms with Crippen molar-refractivity contribution in [1.29, 1.82) is 0 Å². The lowest BCUT2D eigenvalue weighted by Crippen LogP contribution is -2.41. The van der Waals surface area contributed by atoms with Gasteiger partial charge in [-0.25, -0.2) is 9.97 Å². The molecule has 20 heavy (non-hydrogen) atoms. The molecule has 3 rings (SSSR count).